The number of H-pyrrole nitrogens is 1. The molecule has 2 nitrogen and oxygen atoms in total. The summed E-state index contributed by atoms with van der Waals surface area (Å²) in [5.74, 6) is -13.6. The monoisotopic (exact) mass is 374 g/mol. The first-order valence-electron chi connectivity index (χ1n) is 6.48. The number of rotatable bonds is 3. The minimum atomic E-state index is -6.43. The molecule has 0 saturated heterocycles. The van der Waals surface area contributed by atoms with Crippen LogP contribution in [0.3, 0.4) is 0 Å². The van der Waals surface area contributed by atoms with Crippen LogP contribution in [0.2, 0.25) is 5.02 Å². The van der Waals surface area contributed by atoms with Crippen LogP contribution in [0.25, 0.3) is 16.6 Å². The maximum Gasteiger partial charge on any atom is 0.460 e. The van der Waals surface area contributed by atoms with E-state index in [1.165, 1.54) is 6.07 Å². The largest absolute Gasteiger partial charge is 0.460 e. The van der Waals surface area contributed by atoms with E-state index in [2.05, 4.69) is 4.98 Å². The molecule has 0 saturated carbocycles. The minimum absolute atomic E-state index is 0.110. The first kappa shape index (κ1) is 18.6. The number of hydrogen-bond donors (Lipinski definition) is 1. The first-order chi connectivity index (χ1) is 10.8. The van der Waals surface area contributed by atoms with Gasteiger partial charge < -0.3 is 4.98 Å². The average molecular weight is 375 g/mol. The zero-order valence-corrected chi connectivity index (χ0v) is 13.0. The van der Waals surface area contributed by atoms with Crippen LogP contribution in [0.5, 0.6) is 0 Å². The summed E-state index contributed by atoms with van der Waals surface area (Å²) in [6.45, 7) is 3.34. The summed E-state index contributed by atoms with van der Waals surface area (Å²) in [4.78, 5) is 5.01. The Morgan fingerprint density at radius 1 is 1.12 bits per heavy atom. The standard InChI is InChI=1S/C14H10ClF7N2/c1-3-6(2)7-4-9-10(5-8(7)15)24-11(23-9)12(16,17)13(18,19)14(20,21)22/h3-5H,1-2H3,(H,23,24). The van der Waals surface area contributed by atoms with Gasteiger partial charge in [-0.3, -0.25) is 0 Å². The number of allylic oxidation sites excluding steroid dienone is 2. The molecule has 10 heteroatoms. The van der Waals surface area contributed by atoms with E-state index in [4.69, 9.17) is 11.6 Å². The number of benzene rings is 1. The molecule has 1 heterocycles. The molecule has 0 unspecified atom stereocenters. The van der Waals surface area contributed by atoms with Gasteiger partial charge in [0.1, 0.15) is 0 Å². The molecule has 1 N–H and O–H groups in total. The van der Waals surface area contributed by atoms with Gasteiger partial charge in [0.15, 0.2) is 5.82 Å². The predicted molar refractivity (Wildman–Crippen MR) is 75.3 cm³/mol. The minimum Gasteiger partial charge on any atom is -0.337 e. The van der Waals surface area contributed by atoms with Gasteiger partial charge in [0.25, 0.3) is 0 Å². The molecule has 0 spiro atoms. The summed E-state index contributed by atoms with van der Waals surface area (Å²) in [6.07, 6.45) is -4.77. The van der Waals surface area contributed by atoms with E-state index >= 15 is 0 Å². The van der Waals surface area contributed by atoms with E-state index in [0.29, 0.717) is 11.1 Å². The number of alkyl halides is 7. The van der Waals surface area contributed by atoms with Crippen molar-refractivity contribution in [1.82, 2.24) is 9.97 Å². The number of nitrogens with zero attached hydrogens (tertiary/aromatic N) is 1. The molecule has 132 valence electrons. The Labute approximate surface area is 136 Å². The molecule has 0 bridgehead atoms. The van der Waals surface area contributed by atoms with Crippen molar-refractivity contribution in [3.63, 3.8) is 0 Å². The lowest BCUT2D eigenvalue weighted by Crippen LogP contribution is -2.50. The van der Waals surface area contributed by atoms with E-state index in [-0.39, 0.29) is 16.1 Å². The van der Waals surface area contributed by atoms with Gasteiger partial charge in [-0.25, -0.2) is 4.98 Å². The zero-order chi connectivity index (χ0) is 18.5. The maximum atomic E-state index is 13.7. The van der Waals surface area contributed by atoms with Gasteiger partial charge in [0.05, 0.1) is 16.1 Å². The third-order valence-electron chi connectivity index (χ3n) is 3.48. The van der Waals surface area contributed by atoms with Crippen molar-refractivity contribution in [3.05, 3.63) is 34.6 Å². The molecule has 2 aromatic rings. The highest BCUT2D eigenvalue weighted by atomic mass is 35.5. The van der Waals surface area contributed by atoms with Crippen LogP contribution in [-0.2, 0) is 5.92 Å². The second-order valence-electron chi connectivity index (χ2n) is 5.05. The second-order valence-corrected chi connectivity index (χ2v) is 5.46. The summed E-state index contributed by atoms with van der Waals surface area (Å²) in [5, 5.41) is 0.110. The summed E-state index contributed by atoms with van der Waals surface area (Å²) in [6, 6.07) is 2.37. The molecule has 0 aliphatic carbocycles. The molecule has 0 aliphatic rings. The number of fused-ring (bicyclic) bond motifs is 1. The average Bonchev–Trinajstić information content (AvgIpc) is 2.87. The zero-order valence-electron chi connectivity index (χ0n) is 12.2. The molecule has 0 atom stereocenters. The van der Waals surface area contributed by atoms with E-state index in [1.807, 2.05) is 0 Å². The quantitative estimate of drug-likeness (QED) is 0.663. The molecule has 0 radical (unpaired) electrons. The number of aromatic amines is 1. The highest BCUT2D eigenvalue weighted by molar-refractivity contribution is 6.33. The summed E-state index contributed by atoms with van der Waals surface area (Å²) in [5.41, 5.74) is 0.665. The smallest absolute Gasteiger partial charge is 0.337 e. The van der Waals surface area contributed by atoms with Crippen LogP contribution >= 0.6 is 11.6 Å². The van der Waals surface area contributed by atoms with Gasteiger partial charge >= 0.3 is 18.0 Å². The first-order valence-corrected chi connectivity index (χ1v) is 6.86. The summed E-state index contributed by atoms with van der Waals surface area (Å²) >= 11 is 5.96. The molecular formula is C14H10ClF7N2. The number of halogens is 8. The molecule has 2 rings (SSSR count). The Kier molecular flexibility index (Phi) is 4.37. The highest BCUT2D eigenvalue weighted by Crippen LogP contribution is 2.51. The van der Waals surface area contributed by atoms with Crippen LogP contribution in [-0.4, -0.2) is 22.1 Å². The highest BCUT2D eigenvalue weighted by Gasteiger charge is 2.74. The van der Waals surface area contributed by atoms with Crippen LogP contribution in [0.15, 0.2) is 18.2 Å². The van der Waals surface area contributed by atoms with E-state index in [9.17, 15) is 30.7 Å². The molecule has 0 amide bonds. The van der Waals surface area contributed by atoms with E-state index in [0.717, 1.165) is 6.07 Å². The van der Waals surface area contributed by atoms with Gasteiger partial charge in [-0.15, -0.1) is 0 Å². The topological polar surface area (TPSA) is 28.7 Å². The SMILES string of the molecule is CC=C(C)c1cc2nc(C(F)(F)C(F)(F)C(F)(F)F)[nH]c2cc1Cl. The number of imidazole rings is 1. The van der Waals surface area contributed by atoms with Crippen molar-refractivity contribution in [1.29, 1.82) is 0 Å². The second kappa shape index (κ2) is 5.65. The fourth-order valence-electron chi connectivity index (χ4n) is 1.96. The fraction of sp³-hybridized carbons (Fsp3) is 0.357. The van der Waals surface area contributed by atoms with Gasteiger partial charge in [0, 0.05) is 0 Å². The lowest BCUT2D eigenvalue weighted by atomic mass is 10.1. The van der Waals surface area contributed by atoms with E-state index < -0.39 is 23.8 Å². The van der Waals surface area contributed by atoms with Gasteiger partial charge in [0.2, 0.25) is 0 Å². The number of nitrogens with one attached hydrogen (secondary N) is 1. The van der Waals surface area contributed by atoms with Crippen molar-refractivity contribution in [2.45, 2.75) is 31.9 Å². The third-order valence-corrected chi connectivity index (χ3v) is 3.79. The maximum absolute atomic E-state index is 13.7. The number of aromatic nitrogens is 2. The van der Waals surface area contributed by atoms with Crippen molar-refractivity contribution in [2.75, 3.05) is 0 Å². The molecule has 0 aliphatic heterocycles. The molecule has 24 heavy (non-hydrogen) atoms. The molecule has 0 fully saturated rings. The lowest BCUT2D eigenvalue weighted by Gasteiger charge is -2.26. The van der Waals surface area contributed by atoms with Crippen LogP contribution in [0.1, 0.15) is 25.2 Å². The Morgan fingerprint density at radius 3 is 2.21 bits per heavy atom. The van der Waals surface area contributed by atoms with E-state index in [1.54, 1.807) is 24.9 Å². The Bertz CT molecular complexity index is 805. The lowest BCUT2D eigenvalue weighted by molar-refractivity contribution is -0.361. The van der Waals surface area contributed by atoms with Gasteiger partial charge in [-0.2, -0.15) is 30.7 Å². The molecular weight excluding hydrogens is 365 g/mol. The Balaban J connectivity index is 2.63. The molecule has 1 aromatic carbocycles. The van der Waals surface area contributed by atoms with Crippen molar-refractivity contribution >= 4 is 28.2 Å². The van der Waals surface area contributed by atoms with Gasteiger partial charge in [-0.05, 0) is 37.1 Å². The Morgan fingerprint density at radius 2 is 1.71 bits per heavy atom. The van der Waals surface area contributed by atoms with Crippen molar-refractivity contribution < 1.29 is 30.7 Å². The summed E-state index contributed by atoms with van der Waals surface area (Å²) in [7, 11) is 0. The van der Waals surface area contributed by atoms with Crippen LogP contribution in [0.4, 0.5) is 30.7 Å². The fourth-order valence-corrected chi connectivity index (χ4v) is 2.28. The molecule has 1 aromatic heterocycles. The van der Waals surface area contributed by atoms with Gasteiger partial charge in [-0.1, -0.05) is 17.7 Å². The van der Waals surface area contributed by atoms with Crippen molar-refractivity contribution in [3.8, 4) is 0 Å². The van der Waals surface area contributed by atoms with Crippen LogP contribution < -0.4 is 0 Å². The summed E-state index contributed by atoms with van der Waals surface area (Å²) < 4.78 is 90.3. The van der Waals surface area contributed by atoms with Crippen LogP contribution in [0, 0.1) is 0 Å². The Hall–Kier alpha value is -1.77. The normalized spacial score (nSPS) is 14.5. The predicted octanol–water partition coefficient (Wildman–Crippen LogP) is 5.93. The third kappa shape index (κ3) is 2.74. The number of hydrogen-bond acceptors (Lipinski definition) is 1. The van der Waals surface area contributed by atoms with Crippen molar-refractivity contribution in [2.24, 2.45) is 0 Å².